The molecule has 1 heterocycles. The molecule has 0 aromatic rings. The van der Waals surface area contributed by atoms with Crippen molar-refractivity contribution in [3.05, 3.63) is 0 Å². The van der Waals surface area contributed by atoms with Gasteiger partial charge in [0.1, 0.15) is 0 Å². The van der Waals surface area contributed by atoms with Crippen molar-refractivity contribution in [2.24, 2.45) is 0 Å². The average Bonchev–Trinajstić information content (AvgIpc) is 2.25. The summed E-state index contributed by atoms with van der Waals surface area (Å²) in [6.45, 7) is 2.11. The van der Waals surface area contributed by atoms with Gasteiger partial charge in [-0.1, -0.05) is 0 Å². The van der Waals surface area contributed by atoms with Gasteiger partial charge in [0.25, 0.3) is 5.91 Å². The summed E-state index contributed by atoms with van der Waals surface area (Å²) in [5, 5.41) is 1.49. The van der Waals surface area contributed by atoms with E-state index in [1.165, 1.54) is 5.06 Å². The van der Waals surface area contributed by atoms with E-state index < -0.39 is 0 Å². The van der Waals surface area contributed by atoms with Gasteiger partial charge in [-0.25, -0.2) is 5.06 Å². The topological polar surface area (TPSA) is 38.8 Å². The van der Waals surface area contributed by atoms with Crippen LogP contribution in [0.3, 0.4) is 0 Å². The van der Waals surface area contributed by atoms with Crippen LogP contribution in [-0.4, -0.2) is 49.3 Å². The molecule has 1 aliphatic heterocycles. The molecule has 5 heteroatoms. The smallest absolute Gasteiger partial charge is 0.256 e. The number of hydrogen-bond acceptors (Lipinski definition) is 4. The number of hydroxylamine groups is 2. The molecule has 1 aliphatic rings. The van der Waals surface area contributed by atoms with Gasteiger partial charge in [0.15, 0.2) is 0 Å². The monoisotopic (exact) mass is 219 g/mol. The first-order chi connectivity index (χ1) is 6.84. The Morgan fingerprint density at radius 1 is 1.57 bits per heavy atom. The van der Waals surface area contributed by atoms with Crippen molar-refractivity contribution in [3.8, 4) is 0 Å². The molecule has 0 N–H and O–H groups in total. The van der Waals surface area contributed by atoms with E-state index in [9.17, 15) is 4.79 Å². The first kappa shape index (κ1) is 11.8. The fraction of sp³-hybridized carbons (Fsp3) is 0.889. The summed E-state index contributed by atoms with van der Waals surface area (Å²) in [5.74, 6) is 1.42. The molecule has 0 radical (unpaired) electrons. The highest BCUT2D eigenvalue weighted by Crippen LogP contribution is 2.09. The van der Waals surface area contributed by atoms with Crippen molar-refractivity contribution in [1.29, 1.82) is 0 Å². The van der Waals surface area contributed by atoms with Crippen LogP contribution in [0.5, 0.6) is 0 Å². The van der Waals surface area contributed by atoms with Crippen LogP contribution in [0, 0.1) is 0 Å². The molecule has 82 valence electrons. The van der Waals surface area contributed by atoms with Crippen LogP contribution in [0.4, 0.5) is 0 Å². The van der Waals surface area contributed by atoms with Crippen LogP contribution < -0.4 is 0 Å². The second-order valence-corrected chi connectivity index (χ2v) is 4.19. The summed E-state index contributed by atoms with van der Waals surface area (Å²) in [5.41, 5.74) is 0. The van der Waals surface area contributed by atoms with Crippen molar-refractivity contribution in [1.82, 2.24) is 5.06 Å². The summed E-state index contributed by atoms with van der Waals surface area (Å²) < 4.78 is 4.89. The lowest BCUT2D eigenvalue weighted by Gasteiger charge is -2.25. The van der Waals surface area contributed by atoms with E-state index in [1.54, 1.807) is 18.9 Å². The van der Waals surface area contributed by atoms with E-state index in [0.29, 0.717) is 19.0 Å². The van der Waals surface area contributed by atoms with Gasteiger partial charge in [0.2, 0.25) is 0 Å². The van der Waals surface area contributed by atoms with E-state index in [4.69, 9.17) is 9.57 Å². The van der Waals surface area contributed by atoms with Gasteiger partial charge < -0.3 is 4.74 Å². The number of methoxy groups -OCH3 is 1. The predicted molar refractivity (Wildman–Crippen MR) is 56.1 cm³/mol. The Morgan fingerprint density at radius 2 is 2.43 bits per heavy atom. The standard InChI is InChI=1S/C9H17NO3S/c1-12-6-7-14-8-9(11)10-4-2-3-5-13-10/h2-8H2,1H3. The number of hydrogen-bond donors (Lipinski definition) is 0. The molecule has 0 bridgehead atoms. The van der Waals surface area contributed by atoms with Crippen molar-refractivity contribution in [2.45, 2.75) is 12.8 Å². The molecular weight excluding hydrogens is 202 g/mol. The van der Waals surface area contributed by atoms with Crippen molar-refractivity contribution in [2.75, 3.05) is 38.4 Å². The van der Waals surface area contributed by atoms with E-state index in [2.05, 4.69) is 0 Å². The Balaban J connectivity index is 2.07. The van der Waals surface area contributed by atoms with Gasteiger partial charge in [-0.05, 0) is 12.8 Å². The van der Waals surface area contributed by atoms with Gasteiger partial charge in [-0.15, -0.1) is 11.8 Å². The maximum atomic E-state index is 11.5. The van der Waals surface area contributed by atoms with Crippen LogP contribution in [0.15, 0.2) is 0 Å². The van der Waals surface area contributed by atoms with Gasteiger partial charge in [0.05, 0.1) is 19.0 Å². The van der Waals surface area contributed by atoms with Crippen molar-refractivity contribution in [3.63, 3.8) is 0 Å². The minimum absolute atomic E-state index is 0.0748. The summed E-state index contributed by atoms with van der Waals surface area (Å²) in [7, 11) is 1.66. The largest absolute Gasteiger partial charge is 0.384 e. The Labute approximate surface area is 88.9 Å². The zero-order chi connectivity index (χ0) is 10.2. The average molecular weight is 219 g/mol. The third kappa shape index (κ3) is 4.30. The second-order valence-electron chi connectivity index (χ2n) is 3.08. The zero-order valence-corrected chi connectivity index (χ0v) is 9.35. The fourth-order valence-electron chi connectivity index (χ4n) is 1.17. The molecule has 0 spiro atoms. The first-order valence-corrected chi connectivity index (χ1v) is 6.00. The van der Waals surface area contributed by atoms with E-state index in [-0.39, 0.29) is 5.91 Å². The van der Waals surface area contributed by atoms with Crippen LogP contribution in [-0.2, 0) is 14.4 Å². The Hall–Kier alpha value is -0.260. The Bertz CT molecular complexity index is 171. The van der Waals surface area contributed by atoms with E-state index in [0.717, 1.165) is 25.1 Å². The minimum Gasteiger partial charge on any atom is -0.384 e. The van der Waals surface area contributed by atoms with Crippen LogP contribution in [0.25, 0.3) is 0 Å². The van der Waals surface area contributed by atoms with Crippen molar-refractivity contribution < 1.29 is 14.4 Å². The number of rotatable bonds is 5. The van der Waals surface area contributed by atoms with Gasteiger partial charge >= 0.3 is 0 Å². The number of thioether (sulfide) groups is 1. The molecule has 4 nitrogen and oxygen atoms in total. The zero-order valence-electron chi connectivity index (χ0n) is 8.53. The molecule has 0 aromatic carbocycles. The molecule has 14 heavy (non-hydrogen) atoms. The Morgan fingerprint density at radius 3 is 3.07 bits per heavy atom. The number of nitrogens with zero attached hydrogens (tertiary/aromatic N) is 1. The molecule has 0 saturated carbocycles. The molecule has 0 unspecified atom stereocenters. The normalized spacial score (nSPS) is 17.1. The number of carbonyl (C=O) groups is 1. The fourth-order valence-corrected chi connectivity index (χ4v) is 1.91. The summed E-state index contributed by atoms with van der Waals surface area (Å²) in [4.78, 5) is 16.7. The number of ether oxygens (including phenoxy) is 1. The number of amides is 1. The third-order valence-electron chi connectivity index (χ3n) is 1.94. The molecule has 0 atom stereocenters. The van der Waals surface area contributed by atoms with Gasteiger partial charge in [-0.2, -0.15) is 0 Å². The maximum absolute atomic E-state index is 11.5. The third-order valence-corrected chi connectivity index (χ3v) is 2.84. The highest BCUT2D eigenvalue weighted by molar-refractivity contribution is 7.99. The van der Waals surface area contributed by atoms with Crippen LogP contribution in [0.2, 0.25) is 0 Å². The van der Waals surface area contributed by atoms with Crippen LogP contribution in [0.1, 0.15) is 12.8 Å². The molecule has 0 aromatic heterocycles. The number of carbonyl (C=O) groups excluding carboxylic acids is 1. The SMILES string of the molecule is COCCSCC(=O)N1CCCCO1. The lowest BCUT2D eigenvalue weighted by molar-refractivity contribution is -0.194. The van der Waals surface area contributed by atoms with E-state index >= 15 is 0 Å². The molecule has 1 fully saturated rings. The lowest BCUT2D eigenvalue weighted by Crippen LogP contribution is -2.36. The molecule has 0 aliphatic carbocycles. The second kappa shape index (κ2) is 7.09. The van der Waals surface area contributed by atoms with Gasteiger partial charge in [-0.3, -0.25) is 9.63 Å². The molecule has 1 saturated heterocycles. The highest BCUT2D eigenvalue weighted by atomic mass is 32.2. The van der Waals surface area contributed by atoms with Crippen molar-refractivity contribution >= 4 is 17.7 Å². The van der Waals surface area contributed by atoms with E-state index in [1.807, 2.05) is 0 Å². The van der Waals surface area contributed by atoms with Crippen LogP contribution >= 0.6 is 11.8 Å². The Kier molecular flexibility index (Phi) is 5.98. The molecule has 1 amide bonds. The highest BCUT2D eigenvalue weighted by Gasteiger charge is 2.16. The molecular formula is C9H17NO3S. The maximum Gasteiger partial charge on any atom is 0.256 e. The lowest BCUT2D eigenvalue weighted by atomic mass is 10.3. The molecule has 1 rings (SSSR count). The quantitative estimate of drug-likeness (QED) is 0.645. The summed E-state index contributed by atoms with van der Waals surface area (Å²) >= 11 is 1.58. The summed E-state index contributed by atoms with van der Waals surface area (Å²) in [6.07, 6.45) is 2.11. The minimum atomic E-state index is 0.0748. The summed E-state index contributed by atoms with van der Waals surface area (Å²) in [6, 6.07) is 0. The first-order valence-electron chi connectivity index (χ1n) is 4.84. The van der Waals surface area contributed by atoms with Gasteiger partial charge in [0, 0.05) is 19.4 Å². The predicted octanol–water partition coefficient (Wildman–Crippen LogP) is 0.920.